The highest BCUT2D eigenvalue weighted by atomic mass is 16.6. The summed E-state index contributed by atoms with van der Waals surface area (Å²) in [6.07, 6.45) is 3.63. The highest BCUT2D eigenvalue weighted by Crippen LogP contribution is 2.46. The predicted molar refractivity (Wildman–Crippen MR) is 121 cm³/mol. The highest BCUT2D eigenvalue weighted by Gasteiger charge is 2.42. The van der Waals surface area contributed by atoms with Crippen LogP contribution in [0.4, 0.5) is 4.79 Å². The molecule has 4 rings (SSSR count). The average Bonchev–Trinajstić information content (AvgIpc) is 3.10. The number of aryl methyl sites for hydroxylation is 1. The summed E-state index contributed by atoms with van der Waals surface area (Å²) in [7, 11) is 0. The van der Waals surface area contributed by atoms with Crippen molar-refractivity contribution in [1.82, 2.24) is 10.2 Å². The Morgan fingerprint density at radius 1 is 0.968 bits per heavy atom. The first-order valence-corrected chi connectivity index (χ1v) is 11.2. The first-order chi connectivity index (χ1) is 14.8. The van der Waals surface area contributed by atoms with Gasteiger partial charge in [0.1, 0.15) is 11.6 Å². The molecule has 0 radical (unpaired) electrons. The molecule has 0 aromatic heterocycles. The zero-order valence-electron chi connectivity index (χ0n) is 18.7. The number of carbonyl (C=O) groups is 2. The van der Waals surface area contributed by atoms with Gasteiger partial charge in [0.2, 0.25) is 5.91 Å². The fraction of sp³-hybridized carbons (Fsp3) is 0.462. The zero-order chi connectivity index (χ0) is 22.1. The molecule has 0 saturated carbocycles. The summed E-state index contributed by atoms with van der Waals surface area (Å²) in [5.74, 6) is -0.0711. The molecule has 2 aliphatic rings. The molecule has 0 bridgehead atoms. The molecule has 1 unspecified atom stereocenters. The zero-order valence-corrected chi connectivity index (χ0v) is 18.7. The number of ether oxygens (including phenoxy) is 1. The van der Waals surface area contributed by atoms with Gasteiger partial charge in [-0.2, -0.15) is 0 Å². The van der Waals surface area contributed by atoms with Gasteiger partial charge < -0.3 is 15.0 Å². The van der Waals surface area contributed by atoms with Crippen LogP contribution in [-0.2, 0) is 21.4 Å². The van der Waals surface area contributed by atoms with Crippen LogP contribution in [0.3, 0.4) is 0 Å². The van der Waals surface area contributed by atoms with Crippen LogP contribution in [0.15, 0.2) is 54.6 Å². The van der Waals surface area contributed by atoms with Gasteiger partial charge in [-0.15, -0.1) is 0 Å². The van der Waals surface area contributed by atoms with Crippen molar-refractivity contribution in [2.75, 3.05) is 13.1 Å². The Morgan fingerprint density at radius 2 is 1.61 bits per heavy atom. The Hall–Kier alpha value is -2.82. The van der Waals surface area contributed by atoms with Crippen molar-refractivity contribution in [3.8, 4) is 0 Å². The van der Waals surface area contributed by atoms with Crippen molar-refractivity contribution in [3.63, 3.8) is 0 Å². The third-order valence-corrected chi connectivity index (χ3v) is 6.53. The number of fused-ring (bicyclic) bond motifs is 2. The number of amides is 2. The quantitative estimate of drug-likeness (QED) is 0.779. The maximum atomic E-state index is 13.5. The minimum absolute atomic E-state index is 0.0711. The lowest BCUT2D eigenvalue weighted by Crippen LogP contribution is -2.49. The van der Waals surface area contributed by atoms with Gasteiger partial charge >= 0.3 is 6.09 Å². The molecule has 1 N–H and O–H groups in total. The monoisotopic (exact) mass is 420 g/mol. The van der Waals surface area contributed by atoms with E-state index in [9.17, 15) is 9.59 Å². The number of rotatable bonds is 3. The lowest BCUT2D eigenvalue weighted by atomic mass is 9.73. The summed E-state index contributed by atoms with van der Waals surface area (Å²) in [4.78, 5) is 27.9. The summed E-state index contributed by atoms with van der Waals surface area (Å²) < 4.78 is 5.42. The van der Waals surface area contributed by atoms with Crippen LogP contribution in [0, 0.1) is 0 Å². The lowest BCUT2D eigenvalue weighted by molar-refractivity contribution is -0.135. The lowest BCUT2D eigenvalue weighted by Gasteiger charge is -2.41. The van der Waals surface area contributed by atoms with E-state index in [-0.39, 0.29) is 11.3 Å². The number of nitrogens with zero attached hydrogens (tertiary/aromatic N) is 1. The van der Waals surface area contributed by atoms with Crippen LogP contribution in [0.1, 0.15) is 62.8 Å². The molecular weight excluding hydrogens is 388 g/mol. The van der Waals surface area contributed by atoms with Crippen molar-refractivity contribution < 1.29 is 14.3 Å². The summed E-state index contributed by atoms with van der Waals surface area (Å²) in [5, 5.41) is 2.81. The van der Waals surface area contributed by atoms with Gasteiger partial charge in [-0.1, -0.05) is 54.6 Å². The topological polar surface area (TPSA) is 58.6 Å². The number of carbonyl (C=O) groups excluding carboxylic acids is 2. The molecule has 5 nitrogen and oxygen atoms in total. The molecule has 1 fully saturated rings. The average molecular weight is 421 g/mol. The first kappa shape index (κ1) is 21.4. The summed E-state index contributed by atoms with van der Waals surface area (Å²) in [5.41, 5.74) is 3.25. The third kappa shape index (κ3) is 4.60. The molecule has 1 heterocycles. The van der Waals surface area contributed by atoms with Crippen LogP contribution >= 0.6 is 0 Å². The normalized spacial score (nSPS) is 18.4. The van der Waals surface area contributed by atoms with E-state index in [0.29, 0.717) is 13.1 Å². The van der Waals surface area contributed by atoms with E-state index in [4.69, 9.17) is 4.74 Å². The second-order valence-corrected chi connectivity index (χ2v) is 9.75. The van der Waals surface area contributed by atoms with E-state index in [2.05, 4.69) is 29.6 Å². The minimum Gasteiger partial charge on any atom is -0.444 e. The number of piperidine rings is 1. The third-order valence-electron chi connectivity index (χ3n) is 6.53. The standard InChI is InChI=1S/C26H32N2O3/c1-25(2,3)31-24(30)27-22(20-10-5-4-6-11-20)23(29)28-17-15-26(16-18-28)14-13-19-9-7-8-12-21(19)26/h4-12,22H,13-18H2,1-3H3,(H,27,30). The first-order valence-electron chi connectivity index (χ1n) is 11.2. The smallest absolute Gasteiger partial charge is 0.408 e. The number of alkyl carbamates (subject to hydrolysis) is 1. The van der Waals surface area contributed by atoms with Crippen molar-refractivity contribution in [2.45, 2.75) is 63.5 Å². The minimum atomic E-state index is -0.749. The SMILES string of the molecule is CC(C)(C)OC(=O)NC(C(=O)N1CCC2(CCc3ccccc32)CC1)c1ccccc1. The van der Waals surface area contributed by atoms with E-state index in [1.807, 2.05) is 56.0 Å². The van der Waals surface area contributed by atoms with Crippen LogP contribution in [-0.4, -0.2) is 35.6 Å². The highest BCUT2D eigenvalue weighted by molar-refractivity contribution is 5.87. The maximum absolute atomic E-state index is 13.5. The Kier molecular flexibility index (Phi) is 5.78. The second-order valence-electron chi connectivity index (χ2n) is 9.75. The molecular formula is C26H32N2O3. The maximum Gasteiger partial charge on any atom is 0.408 e. The van der Waals surface area contributed by atoms with Crippen LogP contribution in [0.5, 0.6) is 0 Å². The fourth-order valence-corrected chi connectivity index (χ4v) is 4.98. The largest absolute Gasteiger partial charge is 0.444 e. The predicted octanol–water partition coefficient (Wildman–Crippen LogP) is 4.76. The van der Waals surface area contributed by atoms with E-state index >= 15 is 0 Å². The molecule has 1 saturated heterocycles. The van der Waals surface area contributed by atoms with Crippen LogP contribution in [0.25, 0.3) is 0 Å². The molecule has 31 heavy (non-hydrogen) atoms. The number of hydrogen-bond donors (Lipinski definition) is 1. The number of benzene rings is 2. The van der Waals surface area contributed by atoms with Crippen molar-refractivity contribution in [3.05, 3.63) is 71.3 Å². The van der Waals surface area contributed by atoms with Gasteiger partial charge in [0, 0.05) is 13.1 Å². The van der Waals surface area contributed by atoms with E-state index < -0.39 is 17.7 Å². The summed E-state index contributed by atoms with van der Waals surface area (Å²) in [6.45, 7) is 6.85. The van der Waals surface area contributed by atoms with E-state index in [1.54, 1.807) is 0 Å². The van der Waals surface area contributed by atoms with Gasteiger partial charge in [-0.05, 0) is 68.6 Å². The molecule has 2 aromatic rings. The van der Waals surface area contributed by atoms with Gasteiger partial charge in [0.25, 0.3) is 0 Å². The molecule has 1 atom stereocenters. The van der Waals surface area contributed by atoms with Crippen molar-refractivity contribution >= 4 is 12.0 Å². The summed E-state index contributed by atoms with van der Waals surface area (Å²) in [6, 6.07) is 17.4. The number of hydrogen-bond acceptors (Lipinski definition) is 3. The fourth-order valence-electron chi connectivity index (χ4n) is 4.98. The van der Waals surface area contributed by atoms with Gasteiger partial charge in [0.05, 0.1) is 0 Å². The number of nitrogens with one attached hydrogen (secondary N) is 1. The summed E-state index contributed by atoms with van der Waals surface area (Å²) >= 11 is 0. The Morgan fingerprint density at radius 3 is 2.29 bits per heavy atom. The van der Waals surface area contributed by atoms with Crippen LogP contribution in [0.2, 0.25) is 0 Å². The number of likely N-dealkylation sites (tertiary alicyclic amines) is 1. The second kappa shape index (κ2) is 8.37. The van der Waals surface area contributed by atoms with Crippen LogP contribution < -0.4 is 5.32 Å². The Balaban J connectivity index is 1.49. The van der Waals surface area contributed by atoms with E-state index in [0.717, 1.165) is 31.2 Å². The van der Waals surface area contributed by atoms with E-state index in [1.165, 1.54) is 11.1 Å². The molecule has 2 amide bonds. The molecule has 164 valence electrons. The molecule has 5 heteroatoms. The van der Waals surface area contributed by atoms with Gasteiger partial charge in [-0.25, -0.2) is 4.79 Å². The molecule has 1 aliphatic carbocycles. The molecule has 1 aliphatic heterocycles. The van der Waals surface area contributed by atoms with Crippen molar-refractivity contribution in [2.24, 2.45) is 0 Å². The molecule has 2 aromatic carbocycles. The van der Waals surface area contributed by atoms with Gasteiger partial charge in [0.15, 0.2) is 0 Å². The Labute approximate surface area is 184 Å². The van der Waals surface area contributed by atoms with Gasteiger partial charge in [-0.3, -0.25) is 4.79 Å². The molecule has 1 spiro atoms. The van der Waals surface area contributed by atoms with Crippen molar-refractivity contribution in [1.29, 1.82) is 0 Å². The Bertz CT molecular complexity index is 941.